The average molecular weight is 529 g/mol. The van der Waals surface area contributed by atoms with Crippen LogP contribution in [0.2, 0.25) is 10.0 Å². The molecule has 1 N–H and O–H groups in total. The van der Waals surface area contributed by atoms with Crippen LogP contribution in [0.15, 0.2) is 48.5 Å². The fraction of sp³-hybridized carbons (Fsp3) is 0.417. The van der Waals surface area contributed by atoms with Crippen molar-refractivity contribution < 1.29 is 18.0 Å². The second-order valence-corrected chi connectivity index (χ2v) is 11.8. The lowest BCUT2D eigenvalue weighted by Crippen LogP contribution is -2.55. The third-order valence-electron chi connectivity index (χ3n) is 4.89. The zero-order chi connectivity index (χ0) is 25.7. The summed E-state index contributed by atoms with van der Waals surface area (Å²) in [7, 11) is -3.87. The predicted molar refractivity (Wildman–Crippen MR) is 138 cm³/mol. The largest absolute Gasteiger partial charge is 0.350 e. The third kappa shape index (κ3) is 8.18. The molecule has 0 aromatic heterocycles. The number of nitrogens with one attached hydrogen (secondary N) is 1. The van der Waals surface area contributed by atoms with E-state index < -0.39 is 34.1 Å². The first kappa shape index (κ1) is 28.0. The molecule has 186 valence electrons. The van der Waals surface area contributed by atoms with E-state index in [1.54, 1.807) is 0 Å². The van der Waals surface area contributed by atoms with Crippen LogP contribution in [0, 0.1) is 0 Å². The zero-order valence-electron chi connectivity index (χ0n) is 20.0. The van der Waals surface area contributed by atoms with Gasteiger partial charge in [0.2, 0.25) is 21.8 Å². The molecule has 2 amide bonds. The van der Waals surface area contributed by atoms with Crippen LogP contribution in [0.5, 0.6) is 0 Å². The van der Waals surface area contributed by atoms with Gasteiger partial charge in [-0.2, -0.15) is 0 Å². The lowest BCUT2D eigenvalue weighted by Gasteiger charge is -2.34. The molecule has 0 spiro atoms. The molecular weight excluding hydrogens is 497 g/mol. The van der Waals surface area contributed by atoms with Gasteiger partial charge < -0.3 is 10.2 Å². The van der Waals surface area contributed by atoms with Crippen LogP contribution in [-0.4, -0.2) is 49.5 Å². The molecule has 0 aliphatic heterocycles. The van der Waals surface area contributed by atoms with Crippen LogP contribution < -0.4 is 9.62 Å². The lowest BCUT2D eigenvalue weighted by atomic mass is 10.1. The first-order chi connectivity index (χ1) is 15.7. The normalized spacial score (nSPS) is 12.7. The zero-order valence-corrected chi connectivity index (χ0v) is 22.3. The Labute approximate surface area is 212 Å². The fourth-order valence-corrected chi connectivity index (χ4v) is 4.80. The first-order valence-electron chi connectivity index (χ1n) is 10.8. The smallest absolute Gasteiger partial charge is 0.244 e. The Hall–Kier alpha value is -2.29. The van der Waals surface area contributed by atoms with Crippen molar-refractivity contribution in [1.82, 2.24) is 10.2 Å². The third-order valence-corrected chi connectivity index (χ3v) is 6.47. The second-order valence-electron chi connectivity index (χ2n) is 9.07. The maximum atomic E-state index is 13.6. The maximum Gasteiger partial charge on any atom is 0.244 e. The molecule has 2 aromatic carbocycles. The standard InChI is InChI=1S/C24H31Cl2N3O4S/c1-6-21(23(31)27-24(2,3)4)28(15-17-10-8-7-9-11-17)22(30)16-29(34(5,32)33)20-13-18(25)12-19(26)14-20/h7-14,21H,6,15-16H2,1-5H3,(H,27,31). The van der Waals surface area contributed by atoms with E-state index in [0.29, 0.717) is 6.42 Å². The Bertz CT molecular complexity index is 1100. The molecule has 0 saturated carbocycles. The number of anilines is 1. The van der Waals surface area contributed by atoms with Gasteiger partial charge in [-0.25, -0.2) is 8.42 Å². The number of carbonyl (C=O) groups is 2. The van der Waals surface area contributed by atoms with Gasteiger partial charge in [0.1, 0.15) is 12.6 Å². The molecule has 2 rings (SSSR count). The van der Waals surface area contributed by atoms with E-state index in [1.165, 1.54) is 23.1 Å². The van der Waals surface area contributed by atoms with E-state index in [4.69, 9.17) is 23.2 Å². The van der Waals surface area contributed by atoms with Gasteiger partial charge in [-0.3, -0.25) is 13.9 Å². The second kappa shape index (κ2) is 11.4. The number of sulfonamides is 1. The van der Waals surface area contributed by atoms with E-state index in [-0.39, 0.29) is 28.2 Å². The summed E-state index contributed by atoms with van der Waals surface area (Å²) in [6.07, 6.45) is 1.35. The monoisotopic (exact) mass is 527 g/mol. The van der Waals surface area contributed by atoms with Crippen LogP contribution in [-0.2, 0) is 26.2 Å². The molecule has 0 saturated heterocycles. The van der Waals surface area contributed by atoms with E-state index >= 15 is 0 Å². The van der Waals surface area contributed by atoms with Gasteiger partial charge >= 0.3 is 0 Å². The molecule has 1 atom stereocenters. The molecule has 34 heavy (non-hydrogen) atoms. The van der Waals surface area contributed by atoms with Crippen molar-refractivity contribution in [3.8, 4) is 0 Å². The number of hydrogen-bond acceptors (Lipinski definition) is 4. The van der Waals surface area contributed by atoms with Crippen LogP contribution in [0.1, 0.15) is 39.7 Å². The Morgan fingerprint density at radius 1 is 1.03 bits per heavy atom. The van der Waals surface area contributed by atoms with Crippen LogP contribution >= 0.6 is 23.2 Å². The van der Waals surface area contributed by atoms with Gasteiger partial charge in [0.15, 0.2) is 0 Å². The number of amides is 2. The molecule has 0 bridgehead atoms. The Morgan fingerprint density at radius 3 is 2.06 bits per heavy atom. The molecular formula is C24H31Cl2N3O4S. The quantitative estimate of drug-likeness (QED) is 0.520. The summed E-state index contributed by atoms with van der Waals surface area (Å²) in [5, 5.41) is 3.40. The highest BCUT2D eigenvalue weighted by Crippen LogP contribution is 2.27. The molecule has 1 unspecified atom stereocenters. The van der Waals surface area contributed by atoms with Gasteiger partial charge in [0.05, 0.1) is 11.9 Å². The minimum absolute atomic E-state index is 0.143. The van der Waals surface area contributed by atoms with E-state index in [2.05, 4.69) is 5.32 Å². The highest BCUT2D eigenvalue weighted by molar-refractivity contribution is 7.92. The summed E-state index contributed by atoms with van der Waals surface area (Å²) in [6, 6.07) is 12.7. The van der Waals surface area contributed by atoms with E-state index in [0.717, 1.165) is 16.1 Å². The summed E-state index contributed by atoms with van der Waals surface area (Å²) in [6.45, 7) is 7.01. The van der Waals surface area contributed by atoms with Gasteiger partial charge in [-0.15, -0.1) is 0 Å². The van der Waals surface area contributed by atoms with Crippen LogP contribution in [0.3, 0.4) is 0 Å². The van der Waals surface area contributed by atoms with Gasteiger partial charge in [0, 0.05) is 22.1 Å². The number of carbonyl (C=O) groups excluding carboxylic acids is 2. The number of nitrogens with zero attached hydrogens (tertiary/aromatic N) is 2. The minimum atomic E-state index is -3.87. The highest BCUT2D eigenvalue weighted by Gasteiger charge is 2.33. The maximum absolute atomic E-state index is 13.6. The molecule has 10 heteroatoms. The number of benzene rings is 2. The number of rotatable bonds is 9. The highest BCUT2D eigenvalue weighted by atomic mass is 35.5. The van der Waals surface area contributed by atoms with Gasteiger partial charge in [-0.05, 0) is 51.0 Å². The number of hydrogen-bond donors (Lipinski definition) is 1. The summed E-state index contributed by atoms with van der Waals surface area (Å²) in [5.74, 6) is -0.836. The topological polar surface area (TPSA) is 86.8 Å². The lowest BCUT2D eigenvalue weighted by molar-refractivity contribution is -0.141. The van der Waals surface area contributed by atoms with Crippen LogP contribution in [0.4, 0.5) is 5.69 Å². The van der Waals surface area contributed by atoms with Crippen molar-refractivity contribution in [2.45, 2.75) is 52.2 Å². The SMILES string of the molecule is CCC(C(=O)NC(C)(C)C)N(Cc1ccccc1)C(=O)CN(c1cc(Cl)cc(Cl)c1)S(C)(=O)=O. The molecule has 0 aliphatic carbocycles. The van der Waals surface area contributed by atoms with Crippen molar-refractivity contribution >= 4 is 50.7 Å². The van der Waals surface area contributed by atoms with Crippen molar-refractivity contribution in [3.05, 3.63) is 64.1 Å². The Kier molecular flexibility index (Phi) is 9.39. The van der Waals surface area contributed by atoms with E-state index in [1.807, 2.05) is 58.0 Å². The van der Waals surface area contributed by atoms with Crippen molar-refractivity contribution in [1.29, 1.82) is 0 Å². The van der Waals surface area contributed by atoms with Crippen molar-refractivity contribution in [2.24, 2.45) is 0 Å². The molecule has 0 radical (unpaired) electrons. The molecule has 7 nitrogen and oxygen atoms in total. The summed E-state index contributed by atoms with van der Waals surface area (Å²) >= 11 is 12.1. The Balaban J connectivity index is 2.46. The van der Waals surface area contributed by atoms with E-state index in [9.17, 15) is 18.0 Å². The molecule has 0 aliphatic rings. The van der Waals surface area contributed by atoms with Crippen molar-refractivity contribution in [3.63, 3.8) is 0 Å². The molecule has 2 aromatic rings. The van der Waals surface area contributed by atoms with Gasteiger partial charge in [0.25, 0.3) is 0 Å². The first-order valence-corrected chi connectivity index (χ1v) is 13.4. The minimum Gasteiger partial charge on any atom is -0.350 e. The molecule has 0 heterocycles. The van der Waals surface area contributed by atoms with Crippen LogP contribution in [0.25, 0.3) is 0 Å². The van der Waals surface area contributed by atoms with Crippen molar-refractivity contribution in [2.75, 3.05) is 17.1 Å². The summed E-state index contributed by atoms with van der Waals surface area (Å²) < 4.78 is 26.2. The molecule has 0 fully saturated rings. The van der Waals surface area contributed by atoms with Gasteiger partial charge in [-0.1, -0.05) is 60.5 Å². The average Bonchev–Trinajstić information content (AvgIpc) is 2.69. The number of halogens is 2. The fourth-order valence-electron chi connectivity index (χ4n) is 3.45. The summed E-state index contributed by atoms with van der Waals surface area (Å²) in [4.78, 5) is 28.1. The summed E-state index contributed by atoms with van der Waals surface area (Å²) in [5.41, 5.74) is 0.484. The Morgan fingerprint density at radius 2 is 1.59 bits per heavy atom. The predicted octanol–water partition coefficient (Wildman–Crippen LogP) is 4.48.